The van der Waals surface area contributed by atoms with Crippen molar-refractivity contribution in [2.75, 3.05) is 0 Å². The summed E-state index contributed by atoms with van der Waals surface area (Å²) in [7, 11) is 0. The van der Waals surface area contributed by atoms with Gasteiger partial charge in [0.15, 0.2) is 0 Å². The summed E-state index contributed by atoms with van der Waals surface area (Å²) in [5.41, 5.74) is 2.90. The second kappa shape index (κ2) is 5.19. The van der Waals surface area contributed by atoms with Crippen LogP contribution in [-0.4, -0.2) is 15.8 Å². The molecule has 5 heteroatoms. The SMILES string of the molecule is Cc1c(Cl)ccc2c1C(=O)N(Cc1cccnc1)C2C#N. The molecule has 1 aromatic carbocycles. The van der Waals surface area contributed by atoms with Gasteiger partial charge in [-0.05, 0) is 30.2 Å². The highest BCUT2D eigenvalue weighted by atomic mass is 35.5. The van der Waals surface area contributed by atoms with Crippen molar-refractivity contribution >= 4 is 17.5 Å². The molecular weight excluding hydrogens is 286 g/mol. The van der Waals surface area contributed by atoms with Gasteiger partial charge in [0.1, 0.15) is 6.04 Å². The van der Waals surface area contributed by atoms with Crippen LogP contribution in [0.25, 0.3) is 0 Å². The number of nitrogens with zero attached hydrogens (tertiary/aromatic N) is 3. The largest absolute Gasteiger partial charge is 0.314 e. The topological polar surface area (TPSA) is 57.0 Å². The molecule has 0 saturated carbocycles. The summed E-state index contributed by atoms with van der Waals surface area (Å²) in [5, 5.41) is 9.99. The molecule has 2 heterocycles. The van der Waals surface area contributed by atoms with Gasteiger partial charge in [0.05, 0.1) is 11.6 Å². The number of nitriles is 1. The first-order chi connectivity index (χ1) is 10.1. The first-order valence-corrected chi connectivity index (χ1v) is 6.89. The smallest absolute Gasteiger partial charge is 0.256 e. The highest BCUT2D eigenvalue weighted by molar-refractivity contribution is 6.32. The molecule has 1 aromatic heterocycles. The average molecular weight is 298 g/mol. The maximum atomic E-state index is 12.6. The number of carbonyl (C=O) groups excluding carboxylic acids is 1. The molecule has 3 rings (SSSR count). The fraction of sp³-hybridized carbons (Fsp3) is 0.188. The van der Waals surface area contributed by atoms with Crippen LogP contribution in [0.3, 0.4) is 0 Å². The molecule has 1 aliphatic rings. The summed E-state index contributed by atoms with van der Waals surface area (Å²) in [6.45, 7) is 2.16. The van der Waals surface area contributed by atoms with E-state index in [1.807, 2.05) is 12.1 Å². The van der Waals surface area contributed by atoms with E-state index in [1.165, 1.54) is 0 Å². The fourth-order valence-electron chi connectivity index (χ4n) is 2.64. The molecule has 1 amide bonds. The van der Waals surface area contributed by atoms with Gasteiger partial charge in [-0.1, -0.05) is 23.7 Å². The Balaban J connectivity index is 2.03. The van der Waals surface area contributed by atoms with Crippen LogP contribution >= 0.6 is 11.6 Å². The number of hydrogen-bond donors (Lipinski definition) is 0. The molecule has 0 radical (unpaired) electrons. The number of hydrogen-bond acceptors (Lipinski definition) is 3. The Morgan fingerprint density at radius 3 is 2.90 bits per heavy atom. The summed E-state index contributed by atoms with van der Waals surface area (Å²) in [5.74, 6) is -0.152. The zero-order chi connectivity index (χ0) is 15.0. The summed E-state index contributed by atoms with van der Waals surface area (Å²) >= 11 is 6.09. The highest BCUT2D eigenvalue weighted by Gasteiger charge is 2.38. The minimum atomic E-state index is -0.580. The molecule has 0 saturated heterocycles. The lowest BCUT2D eigenvalue weighted by Crippen LogP contribution is -2.27. The Bertz CT molecular complexity index is 752. The molecule has 104 valence electrons. The highest BCUT2D eigenvalue weighted by Crippen LogP contribution is 2.38. The van der Waals surface area contributed by atoms with E-state index in [-0.39, 0.29) is 5.91 Å². The van der Waals surface area contributed by atoms with E-state index in [4.69, 9.17) is 11.6 Å². The third-order valence-corrected chi connectivity index (χ3v) is 4.12. The molecule has 0 N–H and O–H groups in total. The number of rotatable bonds is 2. The van der Waals surface area contributed by atoms with Crippen LogP contribution in [0.15, 0.2) is 36.7 Å². The number of halogens is 1. The Labute approximate surface area is 127 Å². The van der Waals surface area contributed by atoms with Gasteiger partial charge in [0.2, 0.25) is 0 Å². The minimum Gasteiger partial charge on any atom is -0.314 e. The van der Waals surface area contributed by atoms with Crippen LogP contribution in [0.1, 0.15) is 33.1 Å². The van der Waals surface area contributed by atoms with Crippen LogP contribution < -0.4 is 0 Å². The van der Waals surface area contributed by atoms with E-state index in [9.17, 15) is 10.1 Å². The monoisotopic (exact) mass is 297 g/mol. The Kier molecular flexibility index (Phi) is 3.36. The lowest BCUT2D eigenvalue weighted by atomic mass is 10.0. The molecule has 4 nitrogen and oxygen atoms in total. The van der Waals surface area contributed by atoms with Crippen LogP contribution in [0.5, 0.6) is 0 Å². The lowest BCUT2D eigenvalue weighted by molar-refractivity contribution is 0.0744. The molecule has 0 fully saturated rings. The Morgan fingerprint density at radius 1 is 1.43 bits per heavy atom. The van der Waals surface area contributed by atoms with Gasteiger partial charge in [0.25, 0.3) is 5.91 Å². The summed E-state index contributed by atoms with van der Waals surface area (Å²) in [4.78, 5) is 18.2. The molecule has 1 aliphatic heterocycles. The third kappa shape index (κ3) is 2.16. The van der Waals surface area contributed by atoms with Crippen LogP contribution in [0.4, 0.5) is 0 Å². The zero-order valence-electron chi connectivity index (χ0n) is 11.4. The number of pyridine rings is 1. The van der Waals surface area contributed by atoms with Gasteiger partial charge in [-0.2, -0.15) is 5.26 Å². The van der Waals surface area contributed by atoms with Crippen molar-refractivity contribution in [3.8, 4) is 6.07 Å². The van der Waals surface area contributed by atoms with E-state index in [0.29, 0.717) is 17.1 Å². The summed E-state index contributed by atoms with van der Waals surface area (Å²) in [6, 6.07) is 8.83. The first kappa shape index (κ1) is 13.6. The van der Waals surface area contributed by atoms with Crippen molar-refractivity contribution in [1.82, 2.24) is 9.88 Å². The maximum absolute atomic E-state index is 12.6. The number of carbonyl (C=O) groups is 1. The van der Waals surface area contributed by atoms with Gasteiger partial charge in [-0.3, -0.25) is 9.78 Å². The van der Waals surface area contributed by atoms with E-state index in [0.717, 1.165) is 16.7 Å². The number of amides is 1. The maximum Gasteiger partial charge on any atom is 0.256 e. The molecule has 0 bridgehead atoms. The van der Waals surface area contributed by atoms with Gasteiger partial charge in [-0.25, -0.2) is 0 Å². The third-order valence-electron chi connectivity index (χ3n) is 3.71. The zero-order valence-corrected chi connectivity index (χ0v) is 12.1. The van der Waals surface area contributed by atoms with Gasteiger partial charge in [-0.15, -0.1) is 0 Å². The number of fused-ring (bicyclic) bond motifs is 1. The van der Waals surface area contributed by atoms with Crippen LogP contribution in [0, 0.1) is 18.3 Å². The van der Waals surface area contributed by atoms with Gasteiger partial charge < -0.3 is 4.90 Å². The first-order valence-electron chi connectivity index (χ1n) is 6.52. The quantitative estimate of drug-likeness (QED) is 0.855. The molecule has 21 heavy (non-hydrogen) atoms. The van der Waals surface area contributed by atoms with Crippen molar-refractivity contribution < 1.29 is 4.79 Å². The van der Waals surface area contributed by atoms with E-state index < -0.39 is 6.04 Å². The van der Waals surface area contributed by atoms with Gasteiger partial charge in [0, 0.05) is 29.5 Å². The number of aromatic nitrogens is 1. The van der Waals surface area contributed by atoms with E-state index in [2.05, 4.69) is 11.1 Å². The fourth-order valence-corrected chi connectivity index (χ4v) is 2.80. The van der Waals surface area contributed by atoms with Crippen molar-refractivity contribution in [2.45, 2.75) is 19.5 Å². The molecule has 1 unspecified atom stereocenters. The predicted molar refractivity (Wildman–Crippen MR) is 78.7 cm³/mol. The molecule has 2 aromatic rings. The number of benzene rings is 1. The average Bonchev–Trinajstić information content (AvgIpc) is 2.77. The second-order valence-electron chi connectivity index (χ2n) is 4.96. The van der Waals surface area contributed by atoms with Crippen molar-refractivity contribution in [3.63, 3.8) is 0 Å². The Morgan fingerprint density at radius 2 is 2.24 bits per heavy atom. The minimum absolute atomic E-state index is 0.152. The second-order valence-corrected chi connectivity index (χ2v) is 5.37. The predicted octanol–water partition coefficient (Wildman–Crippen LogP) is 3.26. The van der Waals surface area contributed by atoms with Crippen molar-refractivity contribution in [3.05, 3.63) is 63.9 Å². The van der Waals surface area contributed by atoms with Crippen LogP contribution in [0.2, 0.25) is 5.02 Å². The standard InChI is InChI=1S/C16H12ClN3O/c1-10-13(17)5-4-12-14(7-18)20(16(21)15(10)12)9-11-3-2-6-19-8-11/h2-6,8,14H,9H2,1H3. The lowest BCUT2D eigenvalue weighted by Gasteiger charge is -2.19. The van der Waals surface area contributed by atoms with Crippen molar-refractivity contribution in [2.24, 2.45) is 0 Å². The molecule has 0 aliphatic carbocycles. The van der Waals surface area contributed by atoms with Crippen LogP contribution in [-0.2, 0) is 6.54 Å². The van der Waals surface area contributed by atoms with Crippen molar-refractivity contribution in [1.29, 1.82) is 5.26 Å². The summed E-state index contributed by atoms with van der Waals surface area (Å²) < 4.78 is 0. The molecule has 1 atom stereocenters. The summed E-state index contributed by atoms with van der Waals surface area (Å²) in [6.07, 6.45) is 3.38. The van der Waals surface area contributed by atoms with Gasteiger partial charge >= 0.3 is 0 Å². The normalized spacial score (nSPS) is 16.7. The van der Waals surface area contributed by atoms with E-state index in [1.54, 1.807) is 36.4 Å². The van der Waals surface area contributed by atoms with E-state index >= 15 is 0 Å². The molecule has 0 spiro atoms. The molecular formula is C16H12ClN3O. The Hall–Kier alpha value is -2.38.